The molecule has 0 radical (unpaired) electrons. The van der Waals surface area contributed by atoms with E-state index in [0.29, 0.717) is 25.3 Å². The van der Waals surface area contributed by atoms with Crippen LogP contribution < -0.4 is 14.8 Å². The van der Waals surface area contributed by atoms with Crippen LogP contribution in [0.5, 0.6) is 11.5 Å². The van der Waals surface area contributed by atoms with E-state index in [-0.39, 0.29) is 0 Å². The minimum Gasteiger partial charge on any atom is -0.486 e. The third kappa shape index (κ3) is 3.69. The van der Waals surface area contributed by atoms with Crippen molar-refractivity contribution < 1.29 is 9.47 Å². The number of likely N-dealkylation sites (tertiary alicyclic amines) is 1. The second-order valence-corrected chi connectivity index (χ2v) is 6.20. The molecule has 1 fully saturated rings. The lowest BCUT2D eigenvalue weighted by molar-refractivity contribution is 0.171. The summed E-state index contributed by atoms with van der Waals surface area (Å²) in [5, 5.41) is 3.69. The fraction of sp³-hybridized carbons (Fsp3) is 0.647. The normalized spacial score (nSPS) is 21.2. The monoisotopic (exact) mass is 290 g/mol. The lowest BCUT2D eigenvalue weighted by Gasteiger charge is -2.26. The van der Waals surface area contributed by atoms with Gasteiger partial charge < -0.3 is 19.7 Å². The predicted molar refractivity (Wildman–Crippen MR) is 84.1 cm³/mol. The summed E-state index contributed by atoms with van der Waals surface area (Å²) in [5.74, 6) is 1.74. The zero-order valence-corrected chi connectivity index (χ0v) is 13.1. The molecule has 2 aliphatic rings. The summed E-state index contributed by atoms with van der Waals surface area (Å²) in [7, 11) is 0. The summed E-state index contributed by atoms with van der Waals surface area (Å²) in [6.07, 6.45) is 2.70. The van der Waals surface area contributed by atoms with Gasteiger partial charge in [0.2, 0.25) is 0 Å². The van der Waals surface area contributed by atoms with Crippen LogP contribution in [0.25, 0.3) is 0 Å². The van der Waals surface area contributed by atoms with E-state index in [4.69, 9.17) is 9.47 Å². The molecule has 1 N–H and O–H groups in total. The van der Waals surface area contributed by atoms with E-state index >= 15 is 0 Å². The molecule has 0 aromatic heterocycles. The highest BCUT2D eigenvalue weighted by Crippen LogP contribution is 2.32. The summed E-state index contributed by atoms with van der Waals surface area (Å²) in [5.41, 5.74) is 1.26. The van der Waals surface area contributed by atoms with Crippen LogP contribution in [0, 0.1) is 0 Å². The third-order valence-corrected chi connectivity index (χ3v) is 4.33. The number of rotatable bonds is 5. The molecule has 2 heterocycles. The molecule has 1 aromatic rings. The van der Waals surface area contributed by atoms with Crippen molar-refractivity contribution in [3.63, 3.8) is 0 Å². The second kappa shape index (κ2) is 6.67. The minimum absolute atomic E-state index is 0.318. The number of hydrogen-bond donors (Lipinski definition) is 1. The van der Waals surface area contributed by atoms with E-state index in [9.17, 15) is 0 Å². The minimum atomic E-state index is 0.318. The number of benzene rings is 1. The lowest BCUT2D eigenvalue weighted by atomic mass is 10.1. The van der Waals surface area contributed by atoms with Gasteiger partial charge in [-0.05, 0) is 57.5 Å². The van der Waals surface area contributed by atoms with E-state index in [0.717, 1.165) is 18.0 Å². The molecule has 0 aliphatic carbocycles. The molecular formula is C17H26N2O2. The SMILES string of the molecule is CC(CN1CCCC1)NC(C)c1ccc2c(c1)OCCO2. The number of hydrogen-bond acceptors (Lipinski definition) is 4. The maximum atomic E-state index is 5.67. The number of nitrogens with zero attached hydrogens (tertiary/aromatic N) is 1. The van der Waals surface area contributed by atoms with Crippen LogP contribution in [0.1, 0.15) is 38.3 Å². The average Bonchev–Trinajstić information content (AvgIpc) is 2.99. The molecule has 1 saturated heterocycles. The van der Waals surface area contributed by atoms with Crippen LogP contribution in [0.4, 0.5) is 0 Å². The van der Waals surface area contributed by atoms with Gasteiger partial charge in [-0.2, -0.15) is 0 Å². The Morgan fingerprint density at radius 3 is 2.57 bits per heavy atom. The van der Waals surface area contributed by atoms with E-state index in [1.807, 2.05) is 6.07 Å². The largest absolute Gasteiger partial charge is 0.486 e. The highest BCUT2D eigenvalue weighted by Gasteiger charge is 2.18. The van der Waals surface area contributed by atoms with Crippen LogP contribution in [0.3, 0.4) is 0 Å². The Morgan fingerprint density at radius 2 is 1.81 bits per heavy atom. The van der Waals surface area contributed by atoms with Crippen LogP contribution in [-0.4, -0.2) is 43.8 Å². The molecule has 116 valence electrons. The van der Waals surface area contributed by atoms with Crippen molar-refractivity contribution in [2.24, 2.45) is 0 Å². The van der Waals surface area contributed by atoms with Crippen molar-refractivity contribution >= 4 is 0 Å². The van der Waals surface area contributed by atoms with Gasteiger partial charge in [-0.25, -0.2) is 0 Å². The van der Waals surface area contributed by atoms with Gasteiger partial charge in [0.1, 0.15) is 13.2 Å². The molecule has 2 unspecified atom stereocenters. The standard InChI is InChI=1S/C17H26N2O2/c1-13(12-19-7-3-4-8-19)18-14(2)15-5-6-16-17(11-15)21-10-9-20-16/h5-6,11,13-14,18H,3-4,7-10,12H2,1-2H3. The quantitative estimate of drug-likeness (QED) is 0.904. The summed E-state index contributed by atoms with van der Waals surface area (Å²) in [6.45, 7) is 9.42. The molecule has 3 rings (SSSR count). The van der Waals surface area contributed by atoms with Gasteiger partial charge in [0.05, 0.1) is 0 Å². The maximum Gasteiger partial charge on any atom is 0.161 e. The third-order valence-electron chi connectivity index (χ3n) is 4.33. The molecule has 4 heteroatoms. The zero-order chi connectivity index (χ0) is 14.7. The van der Waals surface area contributed by atoms with Crippen molar-refractivity contribution in [1.29, 1.82) is 0 Å². The Hall–Kier alpha value is -1.26. The number of nitrogens with one attached hydrogen (secondary N) is 1. The molecule has 0 amide bonds. The molecule has 4 nitrogen and oxygen atoms in total. The predicted octanol–water partition coefficient (Wildman–Crippen LogP) is 2.59. The first kappa shape index (κ1) is 14.7. The van der Waals surface area contributed by atoms with Gasteiger partial charge in [0, 0.05) is 18.6 Å². The van der Waals surface area contributed by atoms with Gasteiger partial charge in [0.25, 0.3) is 0 Å². The van der Waals surface area contributed by atoms with E-state index in [1.54, 1.807) is 0 Å². The molecule has 0 saturated carbocycles. The van der Waals surface area contributed by atoms with Crippen LogP contribution >= 0.6 is 0 Å². The molecule has 21 heavy (non-hydrogen) atoms. The first-order valence-electron chi connectivity index (χ1n) is 8.10. The van der Waals surface area contributed by atoms with Gasteiger partial charge in [-0.15, -0.1) is 0 Å². The smallest absolute Gasteiger partial charge is 0.161 e. The topological polar surface area (TPSA) is 33.7 Å². The van der Waals surface area contributed by atoms with Crippen molar-refractivity contribution in [2.45, 2.75) is 38.8 Å². The summed E-state index contributed by atoms with van der Waals surface area (Å²) < 4.78 is 11.2. The van der Waals surface area contributed by atoms with E-state index in [2.05, 4.69) is 36.2 Å². The fourth-order valence-corrected chi connectivity index (χ4v) is 3.26. The van der Waals surface area contributed by atoms with Gasteiger partial charge in [-0.1, -0.05) is 6.07 Å². The summed E-state index contributed by atoms with van der Waals surface area (Å²) >= 11 is 0. The van der Waals surface area contributed by atoms with Crippen LogP contribution in [0.2, 0.25) is 0 Å². The first-order chi connectivity index (χ1) is 10.2. The summed E-state index contributed by atoms with van der Waals surface area (Å²) in [6, 6.07) is 7.07. The lowest BCUT2D eigenvalue weighted by Crippen LogP contribution is -2.39. The Morgan fingerprint density at radius 1 is 1.10 bits per heavy atom. The molecule has 1 aromatic carbocycles. The van der Waals surface area contributed by atoms with Gasteiger partial charge >= 0.3 is 0 Å². The van der Waals surface area contributed by atoms with Crippen molar-refractivity contribution in [3.8, 4) is 11.5 Å². The summed E-state index contributed by atoms with van der Waals surface area (Å²) in [4.78, 5) is 2.55. The average molecular weight is 290 g/mol. The van der Waals surface area contributed by atoms with E-state index < -0.39 is 0 Å². The first-order valence-corrected chi connectivity index (χ1v) is 8.10. The Balaban J connectivity index is 1.57. The Labute approximate surface area is 127 Å². The molecule has 2 atom stereocenters. The second-order valence-electron chi connectivity index (χ2n) is 6.20. The number of fused-ring (bicyclic) bond motifs is 1. The van der Waals surface area contributed by atoms with Crippen LogP contribution in [0.15, 0.2) is 18.2 Å². The van der Waals surface area contributed by atoms with Gasteiger partial charge in [0.15, 0.2) is 11.5 Å². The van der Waals surface area contributed by atoms with Crippen molar-refractivity contribution in [1.82, 2.24) is 10.2 Å². The zero-order valence-electron chi connectivity index (χ0n) is 13.1. The molecule has 0 bridgehead atoms. The maximum absolute atomic E-state index is 5.67. The Kier molecular flexibility index (Phi) is 4.66. The number of ether oxygens (including phenoxy) is 2. The Bertz CT molecular complexity index is 472. The molecule has 2 aliphatic heterocycles. The highest BCUT2D eigenvalue weighted by molar-refractivity contribution is 5.44. The highest BCUT2D eigenvalue weighted by atomic mass is 16.6. The molecular weight excluding hydrogens is 264 g/mol. The van der Waals surface area contributed by atoms with Crippen LogP contribution in [-0.2, 0) is 0 Å². The van der Waals surface area contributed by atoms with Gasteiger partial charge in [-0.3, -0.25) is 0 Å². The van der Waals surface area contributed by atoms with Crippen molar-refractivity contribution in [3.05, 3.63) is 23.8 Å². The van der Waals surface area contributed by atoms with E-state index in [1.165, 1.54) is 31.5 Å². The van der Waals surface area contributed by atoms with Crippen molar-refractivity contribution in [2.75, 3.05) is 32.8 Å². The fourth-order valence-electron chi connectivity index (χ4n) is 3.26. The molecule has 0 spiro atoms.